The van der Waals surface area contributed by atoms with Crippen LogP contribution in [0.25, 0.3) is 0 Å². The summed E-state index contributed by atoms with van der Waals surface area (Å²) in [6.45, 7) is 8.28. The molecule has 1 saturated heterocycles. The molecule has 0 aromatic heterocycles. The van der Waals surface area contributed by atoms with Crippen LogP contribution in [0.5, 0.6) is 0 Å². The molecule has 1 aliphatic rings. The summed E-state index contributed by atoms with van der Waals surface area (Å²) in [5, 5.41) is 3.00. The Bertz CT molecular complexity index is 548. The molecule has 0 saturated carbocycles. The van der Waals surface area contributed by atoms with Gasteiger partial charge in [0.05, 0.1) is 18.6 Å². The van der Waals surface area contributed by atoms with Gasteiger partial charge < -0.3 is 10.1 Å². The molecule has 1 aromatic carbocycles. The van der Waals surface area contributed by atoms with Gasteiger partial charge >= 0.3 is 5.97 Å². The normalized spacial score (nSPS) is 17.3. The number of nitrogens with one attached hydrogen (secondary N) is 1. The van der Waals surface area contributed by atoms with Crippen LogP contribution in [-0.4, -0.2) is 42.5 Å². The maximum Gasteiger partial charge on any atom is 0.309 e. The van der Waals surface area contributed by atoms with Gasteiger partial charge in [-0.25, -0.2) is 0 Å². The molecule has 1 aliphatic heterocycles. The highest BCUT2D eigenvalue weighted by Crippen LogP contribution is 2.20. The van der Waals surface area contributed by atoms with Gasteiger partial charge in [-0.2, -0.15) is 0 Å². The lowest BCUT2D eigenvalue weighted by Gasteiger charge is -2.34. The van der Waals surface area contributed by atoms with E-state index in [1.165, 1.54) is 5.56 Å². The van der Waals surface area contributed by atoms with Crippen LogP contribution >= 0.6 is 0 Å². The molecule has 1 atom stereocenters. The largest absolute Gasteiger partial charge is 0.466 e. The molecule has 0 aliphatic carbocycles. The predicted octanol–water partition coefficient (Wildman–Crippen LogP) is 2.27. The molecule has 1 N–H and O–H groups in total. The Labute approximate surface area is 144 Å². The maximum absolute atomic E-state index is 12.4. The zero-order valence-corrected chi connectivity index (χ0v) is 14.9. The summed E-state index contributed by atoms with van der Waals surface area (Å²) in [5.41, 5.74) is 2.31. The van der Waals surface area contributed by atoms with Gasteiger partial charge in [-0.3, -0.25) is 14.5 Å². The highest BCUT2D eigenvalue weighted by Gasteiger charge is 2.30. The summed E-state index contributed by atoms with van der Waals surface area (Å²) < 4.78 is 5.08. The fraction of sp³-hybridized carbons (Fsp3) is 0.579. The molecule has 1 amide bonds. The summed E-state index contributed by atoms with van der Waals surface area (Å²) in [6, 6.07) is 7.98. The first kappa shape index (κ1) is 18.5. The fourth-order valence-corrected chi connectivity index (χ4v) is 2.99. The number of rotatable bonds is 6. The Kier molecular flexibility index (Phi) is 6.79. The number of hydrogen-bond donors (Lipinski definition) is 1. The van der Waals surface area contributed by atoms with Crippen LogP contribution in [0.3, 0.4) is 0 Å². The van der Waals surface area contributed by atoms with E-state index >= 15 is 0 Å². The molecule has 1 fully saturated rings. The summed E-state index contributed by atoms with van der Waals surface area (Å²) in [5.74, 6) is -0.0946. The van der Waals surface area contributed by atoms with Crippen molar-refractivity contribution in [3.63, 3.8) is 0 Å². The molecule has 1 unspecified atom stereocenters. The van der Waals surface area contributed by atoms with Crippen molar-refractivity contribution >= 4 is 11.9 Å². The van der Waals surface area contributed by atoms with Crippen LogP contribution in [0, 0.1) is 12.8 Å². The molecule has 0 bridgehead atoms. The topological polar surface area (TPSA) is 58.6 Å². The number of amides is 1. The predicted molar refractivity (Wildman–Crippen MR) is 93.4 cm³/mol. The van der Waals surface area contributed by atoms with Gasteiger partial charge in [-0.15, -0.1) is 0 Å². The molecule has 0 radical (unpaired) electrons. The lowest BCUT2D eigenvalue weighted by molar-refractivity contribution is -0.149. The van der Waals surface area contributed by atoms with Crippen molar-refractivity contribution in [2.45, 2.75) is 46.2 Å². The first-order chi connectivity index (χ1) is 11.5. The number of aryl methyl sites for hydroxylation is 1. The minimum atomic E-state index is -0.182. The second-order valence-electron chi connectivity index (χ2n) is 6.44. The van der Waals surface area contributed by atoms with E-state index in [2.05, 4.69) is 10.2 Å². The van der Waals surface area contributed by atoms with Crippen LogP contribution in [0.2, 0.25) is 0 Å². The minimum Gasteiger partial charge on any atom is -0.466 e. The van der Waals surface area contributed by atoms with Crippen LogP contribution in [0.4, 0.5) is 0 Å². The monoisotopic (exact) mass is 332 g/mol. The zero-order valence-electron chi connectivity index (χ0n) is 14.9. The number of nitrogens with zero attached hydrogens (tertiary/aromatic N) is 1. The SMILES string of the molecule is CCOC(=O)C1CCN(C(C)C(=O)NCc2ccc(C)cc2)CC1. The molecular weight excluding hydrogens is 304 g/mol. The third-order valence-corrected chi connectivity index (χ3v) is 4.66. The van der Waals surface area contributed by atoms with Crippen molar-refractivity contribution in [3.05, 3.63) is 35.4 Å². The van der Waals surface area contributed by atoms with Gasteiger partial charge in [-0.1, -0.05) is 29.8 Å². The fourth-order valence-electron chi connectivity index (χ4n) is 2.99. The number of likely N-dealkylation sites (tertiary alicyclic amines) is 1. The molecule has 1 aromatic rings. The number of carbonyl (C=O) groups excluding carboxylic acids is 2. The van der Waals surface area contributed by atoms with Crippen LogP contribution < -0.4 is 5.32 Å². The van der Waals surface area contributed by atoms with Gasteiger partial charge in [0.1, 0.15) is 0 Å². The third kappa shape index (κ3) is 5.06. The van der Waals surface area contributed by atoms with E-state index in [1.54, 1.807) is 0 Å². The average molecular weight is 332 g/mol. The minimum absolute atomic E-state index is 0.0241. The van der Waals surface area contributed by atoms with Crippen LogP contribution in [0.1, 0.15) is 37.8 Å². The molecule has 2 rings (SSSR count). The standard InChI is InChI=1S/C19H28N2O3/c1-4-24-19(23)17-9-11-21(12-10-17)15(3)18(22)20-13-16-7-5-14(2)6-8-16/h5-8,15,17H,4,9-13H2,1-3H3,(H,20,22). The Morgan fingerprint density at radius 2 is 1.88 bits per heavy atom. The van der Waals surface area contributed by atoms with E-state index in [9.17, 15) is 9.59 Å². The number of hydrogen-bond acceptors (Lipinski definition) is 4. The quantitative estimate of drug-likeness (QED) is 0.812. The van der Waals surface area contributed by atoms with Crippen molar-refractivity contribution in [1.29, 1.82) is 0 Å². The van der Waals surface area contributed by atoms with Crippen molar-refractivity contribution in [3.8, 4) is 0 Å². The van der Waals surface area contributed by atoms with E-state index in [1.807, 2.05) is 45.0 Å². The Morgan fingerprint density at radius 3 is 2.46 bits per heavy atom. The van der Waals surface area contributed by atoms with Gasteiger partial charge in [0.2, 0.25) is 5.91 Å². The van der Waals surface area contributed by atoms with Crippen molar-refractivity contribution < 1.29 is 14.3 Å². The summed E-state index contributed by atoms with van der Waals surface area (Å²) >= 11 is 0. The summed E-state index contributed by atoms with van der Waals surface area (Å²) in [6.07, 6.45) is 1.52. The Hall–Kier alpha value is -1.88. The molecular formula is C19H28N2O3. The Morgan fingerprint density at radius 1 is 1.25 bits per heavy atom. The third-order valence-electron chi connectivity index (χ3n) is 4.66. The second-order valence-corrected chi connectivity index (χ2v) is 6.44. The van der Waals surface area contributed by atoms with E-state index in [-0.39, 0.29) is 23.8 Å². The van der Waals surface area contributed by atoms with Gasteiger partial charge in [0.15, 0.2) is 0 Å². The number of benzene rings is 1. The van der Waals surface area contributed by atoms with E-state index in [4.69, 9.17) is 4.74 Å². The molecule has 0 spiro atoms. The molecule has 5 nitrogen and oxygen atoms in total. The maximum atomic E-state index is 12.4. The van der Waals surface area contributed by atoms with Gasteiger partial charge in [-0.05, 0) is 52.3 Å². The summed E-state index contributed by atoms with van der Waals surface area (Å²) in [7, 11) is 0. The molecule has 132 valence electrons. The lowest BCUT2D eigenvalue weighted by atomic mass is 9.96. The second kappa shape index (κ2) is 8.83. The van der Waals surface area contributed by atoms with Crippen LogP contribution in [0.15, 0.2) is 24.3 Å². The summed E-state index contributed by atoms with van der Waals surface area (Å²) in [4.78, 5) is 26.3. The highest BCUT2D eigenvalue weighted by molar-refractivity contribution is 5.81. The first-order valence-corrected chi connectivity index (χ1v) is 8.75. The van der Waals surface area contributed by atoms with Gasteiger partial charge in [0.25, 0.3) is 0 Å². The number of piperidine rings is 1. The molecule has 1 heterocycles. The molecule has 5 heteroatoms. The van der Waals surface area contributed by atoms with E-state index < -0.39 is 0 Å². The van der Waals surface area contributed by atoms with Crippen LogP contribution in [-0.2, 0) is 20.9 Å². The van der Waals surface area contributed by atoms with Crippen molar-refractivity contribution in [2.75, 3.05) is 19.7 Å². The number of ether oxygens (including phenoxy) is 1. The van der Waals surface area contributed by atoms with Gasteiger partial charge in [0, 0.05) is 6.54 Å². The van der Waals surface area contributed by atoms with Crippen molar-refractivity contribution in [2.24, 2.45) is 5.92 Å². The smallest absolute Gasteiger partial charge is 0.309 e. The average Bonchev–Trinajstić information content (AvgIpc) is 2.60. The molecule has 24 heavy (non-hydrogen) atoms. The first-order valence-electron chi connectivity index (χ1n) is 8.75. The van der Waals surface area contributed by atoms with E-state index in [0.29, 0.717) is 13.2 Å². The Balaban J connectivity index is 1.77. The zero-order chi connectivity index (χ0) is 17.5. The number of carbonyl (C=O) groups is 2. The van der Waals surface area contributed by atoms with E-state index in [0.717, 1.165) is 31.5 Å². The van der Waals surface area contributed by atoms with Crippen molar-refractivity contribution in [1.82, 2.24) is 10.2 Å². The highest BCUT2D eigenvalue weighted by atomic mass is 16.5. The number of esters is 1. The lowest BCUT2D eigenvalue weighted by Crippen LogP contribution is -2.48.